The Morgan fingerprint density at radius 1 is 0.524 bits per heavy atom. The van der Waals surface area contributed by atoms with Gasteiger partial charge in [0.2, 0.25) is 0 Å². The Balaban J connectivity index is 1.29. The smallest absolute Gasteiger partial charge is 0.121 e. The Bertz CT molecular complexity index is 2070. The fourth-order valence-corrected chi connectivity index (χ4v) is 7.12. The maximum Gasteiger partial charge on any atom is 0.121 e. The molecule has 0 saturated carbocycles. The second-order valence-corrected chi connectivity index (χ2v) is 11.6. The Labute approximate surface area is 243 Å². The number of hydrogen-bond acceptors (Lipinski definition) is 4. The van der Waals surface area contributed by atoms with Crippen LogP contribution in [0.2, 0.25) is 0 Å². The first kappa shape index (κ1) is 24.3. The number of nitriles is 2. The molecule has 5 aromatic carbocycles. The van der Waals surface area contributed by atoms with Crippen molar-refractivity contribution in [3.05, 3.63) is 119 Å². The van der Waals surface area contributed by atoms with Gasteiger partial charge in [0, 0.05) is 18.2 Å². The molecule has 8 rings (SSSR count). The summed E-state index contributed by atoms with van der Waals surface area (Å²) in [6.07, 6.45) is 0. The third-order valence-electron chi connectivity index (χ3n) is 9.34. The first-order valence-corrected chi connectivity index (χ1v) is 14.0. The summed E-state index contributed by atoms with van der Waals surface area (Å²) in [5.74, 6) is 0. The highest BCUT2D eigenvalue weighted by atomic mass is 15.4. The number of nitrogens with zero attached hydrogens (tertiary/aromatic N) is 5. The van der Waals surface area contributed by atoms with E-state index < -0.39 is 10.8 Å². The summed E-state index contributed by atoms with van der Waals surface area (Å²) in [7, 11) is 1.84. The molecule has 0 spiro atoms. The van der Waals surface area contributed by atoms with Gasteiger partial charge in [-0.2, -0.15) is 25.5 Å². The van der Waals surface area contributed by atoms with E-state index >= 15 is 0 Å². The molecular weight excluding hydrogens is 514 g/mol. The van der Waals surface area contributed by atoms with Crippen LogP contribution in [0.15, 0.2) is 97.1 Å². The number of fused-ring (bicyclic) bond motifs is 7. The van der Waals surface area contributed by atoms with Gasteiger partial charge in [-0.25, -0.2) is 0 Å². The average Bonchev–Trinajstić information content (AvgIpc) is 3.63. The van der Waals surface area contributed by atoms with Crippen molar-refractivity contribution in [2.24, 2.45) is 7.05 Å². The van der Waals surface area contributed by atoms with Crippen LogP contribution in [0, 0.1) is 22.7 Å². The van der Waals surface area contributed by atoms with Crippen LogP contribution in [0.25, 0.3) is 55.5 Å². The molecule has 1 aromatic heterocycles. The third kappa shape index (κ3) is 3.00. The zero-order valence-corrected chi connectivity index (χ0v) is 23.5. The van der Waals surface area contributed by atoms with E-state index in [1.807, 2.05) is 45.2 Å². The van der Waals surface area contributed by atoms with Gasteiger partial charge in [0.1, 0.15) is 21.9 Å². The molecule has 0 saturated heterocycles. The minimum Gasteiger partial charge on any atom is -0.197 e. The van der Waals surface area contributed by atoms with Crippen molar-refractivity contribution in [2.75, 3.05) is 0 Å². The summed E-state index contributed by atoms with van der Waals surface area (Å²) < 4.78 is 0. The van der Waals surface area contributed by atoms with Gasteiger partial charge in [-0.15, -0.1) is 0 Å². The highest BCUT2D eigenvalue weighted by Crippen LogP contribution is 2.51. The second kappa shape index (κ2) is 8.26. The lowest BCUT2D eigenvalue weighted by atomic mass is 9.80. The predicted molar refractivity (Wildman–Crippen MR) is 164 cm³/mol. The molecule has 0 amide bonds. The second-order valence-electron chi connectivity index (χ2n) is 11.6. The van der Waals surface area contributed by atoms with E-state index in [0.29, 0.717) is 0 Å². The van der Waals surface area contributed by atoms with E-state index in [0.717, 1.165) is 77.8 Å². The number of hydrogen-bond donors (Lipinski definition) is 0. The normalized spacial score (nSPS) is 19.5. The molecular formula is C37H25N5. The van der Waals surface area contributed by atoms with Crippen LogP contribution < -0.4 is 0 Å². The zero-order chi connectivity index (χ0) is 28.8. The molecule has 2 aliphatic carbocycles. The van der Waals surface area contributed by atoms with Crippen molar-refractivity contribution in [3.63, 3.8) is 0 Å². The van der Waals surface area contributed by atoms with Crippen LogP contribution in [0.4, 0.5) is 0 Å². The van der Waals surface area contributed by atoms with Gasteiger partial charge < -0.3 is 0 Å². The van der Waals surface area contributed by atoms with Crippen molar-refractivity contribution in [1.29, 1.82) is 10.5 Å². The summed E-state index contributed by atoms with van der Waals surface area (Å²) in [5.41, 5.74) is 12.6. The highest BCUT2D eigenvalue weighted by molar-refractivity contribution is 6.01. The maximum atomic E-state index is 10.3. The highest BCUT2D eigenvalue weighted by Gasteiger charge is 2.41. The van der Waals surface area contributed by atoms with Gasteiger partial charge >= 0.3 is 0 Å². The molecule has 0 N–H and O–H groups in total. The molecule has 0 radical (unpaired) electrons. The number of aryl methyl sites for hydroxylation is 1. The van der Waals surface area contributed by atoms with E-state index in [1.165, 1.54) is 0 Å². The van der Waals surface area contributed by atoms with Crippen molar-refractivity contribution >= 4 is 11.0 Å². The molecule has 0 aliphatic heterocycles. The van der Waals surface area contributed by atoms with E-state index in [2.05, 4.69) is 84.9 Å². The SMILES string of the molecule is Cn1nc2c(-c3ccc4c(c3)C(C)(C#N)c3ccccc3-4)ccc(-c3ccc4c(c3)C(C)(C#N)c3ccccc3-4)c2n1. The molecule has 198 valence electrons. The van der Waals surface area contributed by atoms with E-state index in [9.17, 15) is 10.5 Å². The average molecular weight is 540 g/mol. The Kier molecular flexibility index (Phi) is 4.77. The summed E-state index contributed by atoms with van der Waals surface area (Å²) in [4.78, 5) is 1.61. The predicted octanol–water partition coefficient (Wildman–Crippen LogP) is 7.92. The van der Waals surface area contributed by atoms with Crippen LogP contribution in [-0.4, -0.2) is 15.0 Å². The molecule has 0 bridgehead atoms. The van der Waals surface area contributed by atoms with E-state index in [-0.39, 0.29) is 0 Å². The van der Waals surface area contributed by atoms with Crippen LogP contribution in [0.1, 0.15) is 36.1 Å². The molecule has 0 fully saturated rings. The maximum absolute atomic E-state index is 10.3. The van der Waals surface area contributed by atoms with Gasteiger partial charge in [-0.1, -0.05) is 84.9 Å². The lowest BCUT2D eigenvalue weighted by molar-refractivity contribution is 0.665. The fourth-order valence-electron chi connectivity index (χ4n) is 7.12. The molecule has 5 nitrogen and oxygen atoms in total. The molecule has 2 aliphatic rings. The van der Waals surface area contributed by atoms with Gasteiger partial charge in [0.25, 0.3) is 0 Å². The van der Waals surface area contributed by atoms with Crippen LogP contribution in [-0.2, 0) is 17.9 Å². The first-order valence-electron chi connectivity index (χ1n) is 14.0. The number of rotatable bonds is 2. The largest absolute Gasteiger partial charge is 0.197 e. The molecule has 5 heteroatoms. The standard InChI is InChI=1S/C37H25N5/c1-36(20-38)30-10-6-4-8-26(30)28-14-12-22(18-32(28)36)24-16-17-25(35-34(24)40-42(3)41-35)23-13-15-29-27-9-5-7-11-31(27)37(2,21-39)33(29)19-23/h4-19H,1-3H3. The summed E-state index contributed by atoms with van der Waals surface area (Å²) in [5, 5.41) is 30.2. The van der Waals surface area contributed by atoms with Crippen molar-refractivity contribution in [2.45, 2.75) is 24.7 Å². The monoisotopic (exact) mass is 539 g/mol. The van der Waals surface area contributed by atoms with Gasteiger partial charge in [-0.3, -0.25) is 0 Å². The first-order chi connectivity index (χ1) is 20.4. The van der Waals surface area contributed by atoms with E-state index in [1.54, 1.807) is 4.80 Å². The van der Waals surface area contributed by atoms with Crippen molar-refractivity contribution in [1.82, 2.24) is 15.0 Å². The van der Waals surface area contributed by atoms with Gasteiger partial charge in [0.05, 0.1) is 12.1 Å². The Hall–Kier alpha value is -5.52. The van der Waals surface area contributed by atoms with Crippen molar-refractivity contribution in [3.8, 4) is 56.6 Å². The third-order valence-corrected chi connectivity index (χ3v) is 9.34. The quantitative estimate of drug-likeness (QED) is 0.224. The summed E-state index contributed by atoms with van der Waals surface area (Å²) >= 11 is 0. The molecule has 1 heterocycles. The Morgan fingerprint density at radius 3 is 1.33 bits per heavy atom. The zero-order valence-electron chi connectivity index (χ0n) is 23.5. The minimum atomic E-state index is -0.723. The lowest BCUT2D eigenvalue weighted by Gasteiger charge is -2.19. The van der Waals surface area contributed by atoms with Crippen molar-refractivity contribution < 1.29 is 0 Å². The fraction of sp³-hybridized carbons (Fsp3) is 0.135. The lowest BCUT2D eigenvalue weighted by Crippen LogP contribution is -2.17. The van der Waals surface area contributed by atoms with Gasteiger partial charge in [-0.05, 0) is 81.6 Å². The van der Waals surface area contributed by atoms with Gasteiger partial charge in [0.15, 0.2) is 0 Å². The molecule has 6 aromatic rings. The summed E-state index contributed by atoms with van der Waals surface area (Å²) in [6, 6.07) is 38.5. The van der Waals surface area contributed by atoms with E-state index in [4.69, 9.17) is 10.2 Å². The molecule has 2 atom stereocenters. The molecule has 42 heavy (non-hydrogen) atoms. The molecule has 2 unspecified atom stereocenters. The summed E-state index contributed by atoms with van der Waals surface area (Å²) in [6.45, 7) is 4.01. The Morgan fingerprint density at radius 2 is 0.905 bits per heavy atom. The van der Waals surface area contributed by atoms with Crippen LogP contribution in [0.3, 0.4) is 0 Å². The van der Waals surface area contributed by atoms with Crippen LogP contribution in [0.5, 0.6) is 0 Å². The topological polar surface area (TPSA) is 78.3 Å². The number of aromatic nitrogens is 3. The number of benzene rings is 5. The van der Waals surface area contributed by atoms with Crippen LogP contribution >= 0.6 is 0 Å². The minimum absolute atomic E-state index is 0.723.